The van der Waals surface area contributed by atoms with Crippen molar-refractivity contribution in [2.24, 2.45) is 0 Å². The zero-order valence-corrected chi connectivity index (χ0v) is 6.81. The van der Waals surface area contributed by atoms with Crippen LogP contribution in [0.5, 0.6) is 0 Å². The molecule has 0 aromatic carbocycles. The predicted octanol–water partition coefficient (Wildman–Crippen LogP) is 1.09. The molecule has 0 aliphatic carbocycles. The van der Waals surface area contributed by atoms with E-state index >= 15 is 0 Å². The Morgan fingerprint density at radius 3 is 3.18 bits per heavy atom. The van der Waals surface area contributed by atoms with Crippen LogP contribution in [0, 0.1) is 0 Å². The maximum atomic E-state index is 5.51. The molecule has 2 heterocycles. The van der Waals surface area contributed by atoms with Gasteiger partial charge in [0.05, 0.1) is 6.10 Å². The molecular formula is C9H15NO. The van der Waals surface area contributed by atoms with Gasteiger partial charge in [0.15, 0.2) is 0 Å². The first kappa shape index (κ1) is 7.32. The first-order valence-electron chi connectivity index (χ1n) is 4.47. The molecule has 2 aliphatic heterocycles. The van der Waals surface area contributed by atoms with Crippen LogP contribution in [-0.4, -0.2) is 25.8 Å². The van der Waals surface area contributed by atoms with E-state index < -0.39 is 0 Å². The zero-order valence-electron chi connectivity index (χ0n) is 6.81. The number of hydrogen-bond donors (Lipinski definition) is 1. The Balaban J connectivity index is 1.89. The van der Waals surface area contributed by atoms with E-state index in [2.05, 4.69) is 11.4 Å². The zero-order chi connectivity index (χ0) is 7.52. The van der Waals surface area contributed by atoms with Crippen LogP contribution in [0.2, 0.25) is 0 Å². The number of ether oxygens (including phenoxy) is 1. The molecule has 0 saturated carbocycles. The molecule has 1 N–H and O–H groups in total. The fourth-order valence-electron chi connectivity index (χ4n) is 1.73. The molecule has 0 radical (unpaired) electrons. The summed E-state index contributed by atoms with van der Waals surface area (Å²) in [6.45, 7) is 3.19. The van der Waals surface area contributed by atoms with E-state index in [0.29, 0.717) is 6.10 Å². The van der Waals surface area contributed by atoms with Gasteiger partial charge in [-0.1, -0.05) is 11.6 Å². The van der Waals surface area contributed by atoms with Crippen LogP contribution in [0.25, 0.3) is 0 Å². The summed E-state index contributed by atoms with van der Waals surface area (Å²) in [4.78, 5) is 0. The highest BCUT2D eigenvalue weighted by molar-refractivity contribution is 5.11. The fourth-order valence-corrected chi connectivity index (χ4v) is 1.73. The van der Waals surface area contributed by atoms with E-state index in [-0.39, 0.29) is 0 Å². The lowest BCUT2D eigenvalue weighted by molar-refractivity contribution is 0.145. The molecule has 2 nitrogen and oxygen atoms in total. The summed E-state index contributed by atoms with van der Waals surface area (Å²) in [5, 5.41) is 3.32. The Morgan fingerprint density at radius 1 is 1.55 bits per heavy atom. The van der Waals surface area contributed by atoms with Crippen molar-refractivity contribution in [1.82, 2.24) is 5.32 Å². The largest absolute Gasteiger partial charge is 0.374 e. The molecule has 2 fully saturated rings. The van der Waals surface area contributed by atoms with Crippen LogP contribution < -0.4 is 5.32 Å². The Kier molecular flexibility index (Phi) is 2.24. The van der Waals surface area contributed by atoms with Gasteiger partial charge in [0.1, 0.15) is 0 Å². The number of rotatable bonds is 1. The molecule has 2 saturated heterocycles. The van der Waals surface area contributed by atoms with Gasteiger partial charge in [-0.05, 0) is 25.8 Å². The van der Waals surface area contributed by atoms with E-state index in [0.717, 1.165) is 19.7 Å². The third-order valence-corrected chi connectivity index (χ3v) is 2.36. The van der Waals surface area contributed by atoms with Crippen molar-refractivity contribution < 1.29 is 4.74 Å². The molecule has 1 atom stereocenters. The van der Waals surface area contributed by atoms with Crippen molar-refractivity contribution in [2.45, 2.75) is 25.4 Å². The van der Waals surface area contributed by atoms with Gasteiger partial charge in [-0.3, -0.25) is 0 Å². The molecule has 0 aromatic heterocycles. The van der Waals surface area contributed by atoms with Gasteiger partial charge in [0.25, 0.3) is 0 Å². The van der Waals surface area contributed by atoms with Crippen LogP contribution in [0.1, 0.15) is 19.3 Å². The summed E-state index contributed by atoms with van der Waals surface area (Å²) in [6, 6.07) is 0. The second-order valence-electron chi connectivity index (χ2n) is 3.30. The van der Waals surface area contributed by atoms with Gasteiger partial charge in [-0.15, -0.1) is 0 Å². The van der Waals surface area contributed by atoms with Gasteiger partial charge in [0.2, 0.25) is 0 Å². The molecule has 0 spiro atoms. The molecule has 2 aliphatic rings. The normalized spacial score (nSPS) is 35.3. The average Bonchev–Trinajstić information content (AvgIpc) is 2.60. The van der Waals surface area contributed by atoms with E-state index in [9.17, 15) is 0 Å². The van der Waals surface area contributed by atoms with Crippen molar-refractivity contribution in [1.29, 1.82) is 0 Å². The van der Waals surface area contributed by atoms with Crippen LogP contribution in [0.4, 0.5) is 0 Å². The van der Waals surface area contributed by atoms with Crippen LogP contribution in [0.3, 0.4) is 0 Å². The second kappa shape index (κ2) is 3.37. The molecule has 62 valence electrons. The van der Waals surface area contributed by atoms with Gasteiger partial charge in [-0.25, -0.2) is 0 Å². The first-order valence-corrected chi connectivity index (χ1v) is 4.47. The number of hydrogen-bond acceptors (Lipinski definition) is 2. The van der Waals surface area contributed by atoms with Crippen LogP contribution in [-0.2, 0) is 4.74 Å². The minimum Gasteiger partial charge on any atom is -0.374 e. The molecule has 1 unspecified atom stereocenters. The Bertz CT molecular complexity index is 151. The molecule has 2 rings (SSSR count). The third kappa shape index (κ3) is 1.82. The third-order valence-electron chi connectivity index (χ3n) is 2.36. The standard InChI is InChI=1S/C9H15NO/c1-2-9(11-5-1)6-8-3-4-10-7-8/h6,9-10H,1-5,7H2/b8-6+. The van der Waals surface area contributed by atoms with Gasteiger partial charge in [0, 0.05) is 13.2 Å². The lowest BCUT2D eigenvalue weighted by Crippen LogP contribution is -2.06. The van der Waals surface area contributed by atoms with Gasteiger partial charge >= 0.3 is 0 Å². The highest BCUT2D eigenvalue weighted by Gasteiger charge is 2.14. The topological polar surface area (TPSA) is 21.3 Å². The molecule has 0 amide bonds. The van der Waals surface area contributed by atoms with Crippen molar-refractivity contribution in [3.63, 3.8) is 0 Å². The summed E-state index contributed by atoms with van der Waals surface area (Å²) in [5.41, 5.74) is 1.54. The summed E-state index contributed by atoms with van der Waals surface area (Å²) in [7, 11) is 0. The summed E-state index contributed by atoms with van der Waals surface area (Å²) in [6.07, 6.45) is 6.43. The molecular weight excluding hydrogens is 138 g/mol. The molecule has 2 heteroatoms. The first-order chi connectivity index (χ1) is 5.45. The molecule has 11 heavy (non-hydrogen) atoms. The predicted molar refractivity (Wildman–Crippen MR) is 44.5 cm³/mol. The average molecular weight is 153 g/mol. The van der Waals surface area contributed by atoms with Crippen molar-refractivity contribution in [2.75, 3.05) is 19.7 Å². The van der Waals surface area contributed by atoms with Crippen LogP contribution in [0.15, 0.2) is 11.6 Å². The summed E-state index contributed by atoms with van der Waals surface area (Å²) in [5.74, 6) is 0. The summed E-state index contributed by atoms with van der Waals surface area (Å²) >= 11 is 0. The van der Waals surface area contributed by atoms with Crippen molar-refractivity contribution in [3.05, 3.63) is 11.6 Å². The van der Waals surface area contributed by atoms with E-state index in [4.69, 9.17) is 4.74 Å². The summed E-state index contributed by atoms with van der Waals surface area (Å²) < 4.78 is 5.51. The van der Waals surface area contributed by atoms with Gasteiger partial charge < -0.3 is 10.1 Å². The maximum Gasteiger partial charge on any atom is 0.0759 e. The SMILES string of the molecule is C(=C1/CCNC1)/C1CCCO1. The Labute approximate surface area is 67.6 Å². The quantitative estimate of drug-likeness (QED) is 0.569. The Morgan fingerprint density at radius 2 is 2.55 bits per heavy atom. The Hall–Kier alpha value is -0.340. The van der Waals surface area contributed by atoms with E-state index in [1.807, 2.05) is 0 Å². The molecule has 0 aromatic rings. The van der Waals surface area contributed by atoms with E-state index in [1.165, 1.54) is 24.8 Å². The second-order valence-corrected chi connectivity index (χ2v) is 3.30. The maximum absolute atomic E-state index is 5.51. The smallest absolute Gasteiger partial charge is 0.0759 e. The lowest BCUT2D eigenvalue weighted by Gasteiger charge is -2.03. The van der Waals surface area contributed by atoms with Crippen LogP contribution >= 0.6 is 0 Å². The van der Waals surface area contributed by atoms with Crippen molar-refractivity contribution in [3.8, 4) is 0 Å². The number of nitrogens with one attached hydrogen (secondary N) is 1. The van der Waals surface area contributed by atoms with Crippen molar-refractivity contribution >= 4 is 0 Å². The highest BCUT2D eigenvalue weighted by Crippen LogP contribution is 2.17. The fraction of sp³-hybridized carbons (Fsp3) is 0.778. The molecule has 0 bridgehead atoms. The minimum absolute atomic E-state index is 0.435. The minimum atomic E-state index is 0.435. The van der Waals surface area contributed by atoms with Gasteiger partial charge in [-0.2, -0.15) is 0 Å². The lowest BCUT2D eigenvalue weighted by atomic mass is 10.1. The van der Waals surface area contributed by atoms with E-state index in [1.54, 1.807) is 0 Å². The highest BCUT2D eigenvalue weighted by atomic mass is 16.5. The monoisotopic (exact) mass is 153 g/mol.